The van der Waals surface area contributed by atoms with Crippen LogP contribution in [0.1, 0.15) is 18.5 Å². The number of rotatable bonds is 3. The third kappa shape index (κ3) is 3.32. The molecule has 5 heteroatoms. The molecule has 2 rings (SSSR count). The zero-order chi connectivity index (χ0) is 11.4. The van der Waals surface area contributed by atoms with Crippen molar-refractivity contribution in [3.8, 4) is 0 Å². The minimum atomic E-state index is 0.294. The van der Waals surface area contributed by atoms with Gasteiger partial charge in [-0.2, -0.15) is 0 Å². The Morgan fingerprint density at radius 2 is 2.44 bits per heavy atom. The largest absolute Gasteiger partial charge is 0.381 e. The number of hydrogen-bond donors (Lipinski definition) is 1. The maximum Gasteiger partial charge on any atom is 0.224 e. The molecule has 1 aliphatic heterocycles. The van der Waals surface area contributed by atoms with Gasteiger partial charge in [-0.3, -0.25) is 0 Å². The lowest BCUT2D eigenvalue weighted by molar-refractivity contribution is 0.0595. The number of anilines is 1. The van der Waals surface area contributed by atoms with Crippen LogP contribution in [0.3, 0.4) is 0 Å². The molecular weight excluding hydrogens is 226 g/mol. The number of aromatic nitrogens is 2. The Kier molecular flexibility index (Phi) is 3.96. The van der Waals surface area contributed by atoms with Crippen LogP contribution in [0.25, 0.3) is 0 Å². The van der Waals surface area contributed by atoms with Gasteiger partial charge in [0.15, 0.2) is 0 Å². The summed E-state index contributed by atoms with van der Waals surface area (Å²) < 4.78 is 5.42. The summed E-state index contributed by atoms with van der Waals surface area (Å²) >= 11 is 5.78. The molecule has 1 saturated heterocycles. The maximum absolute atomic E-state index is 5.78. The Labute approximate surface area is 100 Å². The lowest BCUT2D eigenvalue weighted by Gasteiger charge is -2.22. The summed E-state index contributed by atoms with van der Waals surface area (Å²) in [5, 5.41) is 3.57. The second kappa shape index (κ2) is 5.46. The number of ether oxygens (including phenoxy) is 1. The van der Waals surface area contributed by atoms with Crippen LogP contribution in [-0.4, -0.2) is 29.7 Å². The molecule has 88 valence electrons. The molecule has 1 aromatic heterocycles. The fourth-order valence-corrected chi connectivity index (χ4v) is 2.06. The molecule has 1 unspecified atom stereocenters. The highest BCUT2D eigenvalue weighted by molar-refractivity contribution is 6.28. The highest BCUT2D eigenvalue weighted by atomic mass is 35.5. The minimum Gasteiger partial charge on any atom is -0.381 e. The van der Waals surface area contributed by atoms with E-state index in [0.717, 1.165) is 37.7 Å². The molecule has 0 saturated carbocycles. The van der Waals surface area contributed by atoms with Gasteiger partial charge in [0.2, 0.25) is 5.28 Å². The third-order valence-corrected chi connectivity index (χ3v) is 2.82. The topological polar surface area (TPSA) is 47.0 Å². The number of nitrogens with one attached hydrogen (secondary N) is 1. The fourth-order valence-electron chi connectivity index (χ4n) is 1.84. The van der Waals surface area contributed by atoms with Crippen LogP contribution in [0.5, 0.6) is 0 Å². The summed E-state index contributed by atoms with van der Waals surface area (Å²) in [4.78, 5) is 8.14. The van der Waals surface area contributed by atoms with Gasteiger partial charge in [-0.05, 0) is 37.3 Å². The van der Waals surface area contributed by atoms with Crippen LogP contribution in [0.15, 0.2) is 6.07 Å². The van der Waals surface area contributed by atoms with E-state index in [1.807, 2.05) is 13.0 Å². The first kappa shape index (κ1) is 11.6. The molecule has 0 radical (unpaired) electrons. The molecule has 1 aromatic rings. The average molecular weight is 242 g/mol. The van der Waals surface area contributed by atoms with E-state index >= 15 is 0 Å². The van der Waals surface area contributed by atoms with Crippen LogP contribution < -0.4 is 5.32 Å². The lowest BCUT2D eigenvalue weighted by Crippen LogP contribution is -2.24. The molecule has 16 heavy (non-hydrogen) atoms. The number of nitrogens with zero attached hydrogens (tertiary/aromatic N) is 2. The van der Waals surface area contributed by atoms with E-state index in [0.29, 0.717) is 11.2 Å². The molecule has 0 aliphatic carbocycles. The standard InChI is InChI=1S/C11H16ClN3O/c1-8-5-10(15-11(12)14-8)13-6-9-3-2-4-16-7-9/h5,9H,2-4,6-7H2,1H3,(H,13,14,15). The van der Waals surface area contributed by atoms with E-state index in [1.54, 1.807) is 0 Å². The Hall–Kier alpha value is -0.870. The molecule has 0 aromatic carbocycles. The predicted molar refractivity (Wildman–Crippen MR) is 63.8 cm³/mol. The van der Waals surface area contributed by atoms with Crippen molar-refractivity contribution >= 4 is 17.4 Å². The van der Waals surface area contributed by atoms with Crippen LogP contribution in [0.2, 0.25) is 5.28 Å². The summed E-state index contributed by atoms with van der Waals surface area (Å²) in [7, 11) is 0. The van der Waals surface area contributed by atoms with Crippen molar-refractivity contribution in [1.82, 2.24) is 9.97 Å². The summed E-state index contributed by atoms with van der Waals surface area (Å²) in [6, 6.07) is 1.90. The van der Waals surface area contributed by atoms with E-state index in [-0.39, 0.29) is 0 Å². The highest BCUT2D eigenvalue weighted by Crippen LogP contribution is 2.15. The van der Waals surface area contributed by atoms with Crippen molar-refractivity contribution in [2.24, 2.45) is 5.92 Å². The Balaban J connectivity index is 1.88. The van der Waals surface area contributed by atoms with Gasteiger partial charge in [0.25, 0.3) is 0 Å². The zero-order valence-electron chi connectivity index (χ0n) is 9.37. The van der Waals surface area contributed by atoms with Gasteiger partial charge >= 0.3 is 0 Å². The smallest absolute Gasteiger partial charge is 0.224 e. The number of halogens is 1. The van der Waals surface area contributed by atoms with E-state index in [1.165, 1.54) is 6.42 Å². The van der Waals surface area contributed by atoms with Gasteiger partial charge in [0, 0.05) is 24.9 Å². The lowest BCUT2D eigenvalue weighted by atomic mass is 10.0. The van der Waals surface area contributed by atoms with Crippen molar-refractivity contribution in [2.75, 3.05) is 25.1 Å². The van der Waals surface area contributed by atoms with Crippen molar-refractivity contribution in [3.05, 3.63) is 17.0 Å². The zero-order valence-corrected chi connectivity index (χ0v) is 10.1. The van der Waals surface area contributed by atoms with Crippen molar-refractivity contribution in [2.45, 2.75) is 19.8 Å². The third-order valence-electron chi connectivity index (χ3n) is 2.65. The first-order chi connectivity index (χ1) is 7.74. The van der Waals surface area contributed by atoms with E-state index < -0.39 is 0 Å². The number of hydrogen-bond acceptors (Lipinski definition) is 4. The molecule has 1 N–H and O–H groups in total. The fraction of sp³-hybridized carbons (Fsp3) is 0.636. The van der Waals surface area contributed by atoms with Gasteiger partial charge in [-0.1, -0.05) is 0 Å². The van der Waals surface area contributed by atoms with E-state index in [9.17, 15) is 0 Å². The van der Waals surface area contributed by atoms with Crippen molar-refractivity contribution < 1.29 is 4.74 Å². The first-order valence-electron chi connectivity index (χ1n) is 5.57. The average Bonchev–Trinajstić information content (AvgIpc) is 2.27. The Morgan fingerprint density at radius 1 is 1.56 bits per heavy atom. The molecular formula is C11H16ClN3O. The van der Waals surface area contributed by atoms with Crippen molar-refractivity contribution in [3.63, 3.8) is 0 Å². The monoisotopic (exact) mass is 241 g/mol. The summed E-state index contributed by atoms with van der Waals surface area (Å²) in [6.07, 6.45) is 2.36. The van der Waals surface area contributed by atoms with Gasteiger partial charge < -0.3 is 10.1 Å². The molecule has 0 amide bonds. The summed E-state index contributed by atoms with van der Waals surface area (Å²) in [5.41, 5.74) is 0.877. The molecule has 0 spiro atoms. The molecule has 1 aliphatic rings. The van der Waals surface area contributed by atoms with Crippen LogP contribution >= 0.6 is 11.6 Å². The second-order valence-corrected chi connectivity index (χ2v) is 4.47. The van der Waals surface area contributed by atoms with E-state index in [2.05, 4.69) is 15.3 Å². The Bertz CT molecular complexity index is 333. The molecule has 2 heterocycles. The summed E-state index contributed by atoms with van der Waals surface area (Å²) in [6.45, 7) is 4.52. The molecule has 1 atom stereocenters. The molecule has 1 fully saturated rings. The predicted octanol–water partition coefficient (Wildman–Crippen LogP) is 2.28. The summed E-state index contributed by atoms with van der Waals surface area (Å²) in [5.74, 6) is 1.37. The van der Waals surface area contributed by atoms with Crippen LogP contribution in [0, 0.1) is 12.8 Å². The van der Waals surface area contributed by atoms with Gasteiger partial charge in [-0.25, -0.2) is 9.97 Å². The van der Waals surface area contributed by atoms with Crippen LogP contribution in [0.4, 0.5) is 5.82 Å². The second-order valence-electron chi connectivity index (χ2n) is 4.13. The minimum absolute atomic E-state index is 0.294. The molecule has 0 bridgehead atoms. The normalized spacial score (nSPS) is 20.8. The van der Waals surface area contributed by atoms with Gasteiger partial charge in [0.05, 0.1) is 6.61 Å². The number of aryl methyl sites for hydroxylation is 1. The first-order valence-corrected chi connectivity index (χ1v) is 5.94. The van der Waals surface area contributed by atoms with Crippen molar-refractivity contribution in [1.29, 1.82) is 0 Å². The van der Waals surface area contributed by atoms with Gasteiger partial charge in [-0.15, -0.1) is 0 Å². The van der Waals surface area contributed by atoms with Crippen LogP contribution in [-0.2, 0) is 4.74 Å². The highest BCUT2D eigenvalue weighted by Gasteiger charge is 2.13. The molecule has 4 nitrogen and oxygen atoms in total. The quantitative estimate of drug-likeness (QED) is 0.825. The van der Waals surface area contributed by atoms with E-state index in [4.69, 9.17) is 16.3 Å². The van der Waals surface area contributed by atoms with Gasteiger partial charge in [0.1, 0.15) is 5.82 Å². The SMILES string of the molecule is Cc1cc(NCC2CCCOC2)nc(Cl)n1. The Morgan fingerprint density at radius 3 is 3.12 bits per heavy atom. The maximum atomic E-state index is 5.78.